The van der Waals surface area contributed by atoms with Crippen LogP contribution < -0.4 is 0 Å². The highest BCUT2D eigenvalue weighted by molar-refractivity contribution is 5.25. The van der Waals surface area contributed by atoms with E-state index < -0.39 is 0 Å². The van der Waals surface area contributed by atoms with Crippen molar-refractivity contribution in [1.29, 1.82) is 0 Å². The van der Waals surface area contributed by atoms with Crippen LogP contribution in [0, 0.1) is 6.92 Å². The van der Waals surface area contributed by atoms with Crippen molar-refractivity contribution in [2.24, 2.45) is 0 Å². The third-order valence-corrected chi connectivity index (χ3v) is 3.25. The average Bonchev–Trinajstić information content (AvgIpc) is 2.32. The first kappa shape index (κ1) is 14.2. The fraction of sp³-hybridized carbons (Fsp3) is 0.600. The molecule has 0 spiro atoms. The minimum Gasteiger partial charge on any atom is -0.393 e. The topological polar surface area (TPSA) is 23.5 Å². The molecule has 1 unspecified atom stereocenters. The number of hydrogen-bond acceptors (Lipinski definition) is 2. The van der Waals surface area contributed by atoms with Gasteiger partial charge in [0.25, 0.3) is 0 Å². The molecular weight excluding hydrogens is 210 g/mol. The Morgan fingerprint density at radius 1 is 1.29 bits per heavy atom. The lowest BCUT2D eigenvalue weighted by Crippen LogP contribution is -2.20. The van der Waals surface area contributed by atoms with Crippen molar-refractivity contribution >= 4 is 0 Å². The van der Waals surface area contributed by atoms with Crippen LogP contribution in [0.25, 0.3) is 0 Å². The van der Waals surface area contributed by atoms with Crippen LogP contribution in [0.5, 0.6) is 0 Å². The van der Waals surface area contributed by atoms with Gasteiger partial charge in [-0.05, 0) is 50.9 Å². The summed E-state index contributed by atoms with van der Waals surface area (Å²) in [6.07, 6.45) is 2.72. The van der Waals surface area contributed by atoms with Crippen LogP contribution in [0.1, 0.15) is 37.3 Å². The summed E-state index contributed by atoms with van der Waals surface area (Å²) in [7, 11) is 2.14. The highest BCUT2D eigenvalue weighted by Gasteiger charge is 2.04. The fourth-order valence-electron chi connectivity index (χ4n) is 1.96. The van der Waals surface area contributed by atoms with Crippen molar-refractivity contribution in [3.05, 3.63) is 35.4 Å². The van der Waals surface area contributed by atoms with Gasteiger partial charge in [-0.1, -0.05) is 31.2 Å². The van der Waals surface area contributed by atoms with Gasteiger partial charge in [0.1, 0.15) is 0 Å². The Balaban J connectivity index is 2.30. The van der Waals surface area contributed by atoms with E-state index in [4.69, 9.17) is 0 Å². The Morgan fingerprint density at radius 3 is 2.65 bits per heavy atom. The predicted octanol–water partition coefficient (Wildman–Crippen LogP) is 2.98. The zero-order valence-corrected chi connectivity index (χ0v) is 11.3. The molecule has 1 atom stereocenters. The summed E-state index contributed by atoms with van der Waals surface area (Å²) in [6.45, 7) is 6.23. The van der Waals surface area contributed by atoms with Crippen LogP contribution in [-0.2, 0) is 6.54 Å². The normalized spacial score (nSPS) is 13.0. The number of aliphatic hydroxyl groups excluding tert-OH is 1. The molecule has 0 heterocycles. The third-order valence-electron chi connectivity index (χ3n) is 3.25. The van der Waals surface area contributed by atoms with Gasteiger partial charge in [0.15, 0.2) is 0 Å². The number of benzene rings is 1. The standard InChI is InChI=1S/C15H25NO/c1-4-15(17)10-7-11-16(3)12-14-9-6-5-8-13(14)2/h5-6,8-9,15,17H,4,7,10-12H2,1-3H3. The molecule has 0 aliphatic carbocycles. The Bertz CT molecular complexity index is 324. The van der Waals surface area contributed by atoms with Gasteiger partial charge >= 0.3 is 0 Å². The van der Waals surface area contributed by atoms with E-state index in [0.717, 1.165) is 32.4 Å². The number of hydrogen-bond donors (Lipinski definition) is 1. The van der Waals surface area contributed by atoms with E-state index in [1.807, 2.05) is 6.92 Å². The van der Waals surface area contributed by atoms with Crippen molar-refractivity contribution in [3.8, 4) is 0 Å². The van der Waals surface area contributed by atoms with Gasteiger partial charge in [0, 0.05) is 6.54 Å². The maximum Gasteiger partial charge on any atom is 0.0538 e. The Labute approximate surface area is 105 Å². The molecule has 0 aliphatic heterocycles. The summed E-state index contributed by atoms with van der Waals surface area (Å²) < 4.78 is 0. The quantitative estimate of drug-likeness (QED) is 0.785. The van der Waals surface area contributed by atoms with Crippen LogP contribution >= 0.6 is 0 Å². The van der Waals surface area contributed by atoms with Gasteiger partial charge in [-0.2, -0.15) is 0 Å². The highest BCUT2D eigenvalue weighted by atomic mass is 16.3. The van der Waals surface area contributed by atoms with Crippen molar-refractivity contribution < 1.29 is 5.11 Å². The van der Waals surface area contributed by atoms with E-state index in [-0.39, 0.29) is 6.10 Å². The van der Waals surface area contributed by atoms with E-state index in [0.29, 0.717) is 0 Å². The molecule has 0 radical (unpaired) electrons. The van der Waals surface area contributed by atoms with Gasteiger partial charge in [0.05, 0.1) is 6.10 Å². The van der Waals surface area contributed by atoms with Crippen LogP contribution in [0.3, 0.4) is 0 Å². The molecule has 0 aliphatic rings. The molecule has 96 valence electrons. The lowest BCUT2D eigenvalue weighted by molar-refractivity contribution is 0.151. The van der Waals surface area contributed by atoms with Crippen molar-refractivity contribution in [3.63, 3.8) is 0 Å². The second kappa shape index (κ2) is 7.46. The molecular formula is C15H25NO. The maximum absolute atomic E-state index is 9.49. The molecule has 0 bridgehead atoms. The second-order valence-corrected chi connectivity index (χ2v) is 4.87. The molecule has 1 aromatic rings. The van der Waals surface area contributed by atoms with Crippen LogP contribution in [-0.4, -0.2) is 29.7 Å². The molecule has 1 N–H and O–H groups in total. The number of rotatable bonds is 7. The summed E-state index contributed by atoms with van der Waals surface area (Å²) in [5.41, 5.74) is 2.75. The Hall–Kier alpha value is -0.860. The van der Waals surface area contributed by atoms with Gasteiger partial charge in [0.2, 0.25) is 0 Å². The number of aryl methyl sites for hydroxylation is 1. The SMILES string of the molecule is CCC(O)CCCN(C)Cc1ccccc1C. The maximum atomic E-state index is 9.49. The molecule has 0 fully saturated rings. The smallest absolute Gasteiger partial charge is 0.0538 e. The summed E-state index contributed by atoms with van der Waals surface area (Å²) in [4.78, 5) is 2.32. The first-order valence-electron chi connectivity index (χ1n) is 6.54. The van der Waals surface area contributed by atoms with Crippen LogP contribution in [0.15, 0.2) is 24.3 Å². The zero-order chi connectivity index (χ0) is 12.7. The van der Waals surface area contributed by atoms with E-state index in [9.17, 15) is 5.11 Å². The second-order valence-electron chi connectivity index (χ2n) is 4.87. The van der Waals surface area contributed by atoms with Crippen LogP contribution in [0.4, 0.5) is 0 Å². The van der Waals surface area contributed by atoms with E-state index in [1.54, 1.807) is 0 Å². The molecule has 2 nitrogen and oxygen atoms in total. The van der Waals surface area contributed by atoms with Crippen LogP contribution in [0.2, 0.25) is 0 Å². The molecule has 0 saturated heterocycles. The van der Waals surface area contributed by atoms with Crippen molar-refractivity contribution in [2.45, 2.75) is 45.8 Å². The predicted molar refractivity (Wildman–Crippen MR) is 73.0 cm³/mol. The lowest BCUT2D eigenvalue weighted by atomic mass is 10.1. The Morgan fingerprint density at radius 2 is 2.00 bits per heavy atom. The van der Waals surface area contributed by atoms with Gasteiger partial charge in [-0.25, -0.2) is 0 Å². The van der Waals surface area contributed by atoms with Gasteiger partial charge in [-0.15, -0.1) is 0 Å². The molecule has 0 saturated carbocycles. The summed E-state index contributed by atoms with van der Waals surface area (Å²) in [5.74, 6) is 0. The summed E-state index contributed by atoms with van der Waals surface area (Å²) in [6, 6.07) is 8.52. The fourth-order valence-corrected chi connectivity index (χ4v) is 1.96. The lowest BCUT2D eigenvalue weighted by Gasteiger charge is -2.18. The van der Waals surface area contributed by atoms with Gasteiger partial charge < -0.3 is 10.0 Å². The average molecular weight is 235 g/mol. The minimum atomic E-state index is -0.123. The molecule has 0 amide bonds. The third kappa shape index (κ3) is 5.33. The molecule has 0 aromatic heterocycles. The first-order chi connectivity index (χ1) is 8.13. The molecule has 1 rings (SSSR count). The Kier molecular flexibility index (Phi) is 6.23. The highest BCUT2D eigenvalue weighted by Crippen LogP contribution is 2.10. The first-order valence-corrected chi connectivity index (χ1v) is 6.54. The van der Waals surface area contributed by atoms with Gasteiger partial charge in [-0.3, -0.25) is 0 Å². The van der Waals surface area contributed by atoms with E-state index in [1.165, 1.54) is 11.1 Å². The van der Waals surface area contributed by atoms with E-state index in [2.05, 4.69) is 43.1 Å². The molecule has 17 heavy (non-hydrogen) atoms. The zero-order valence-electron chi connectivity index (χ0n) is 11.3. The largest absolute Gasteiger partial charge is 0.393 e. The monoisotopic (exact) mass is 235 g/mol. The molecule has 1 aromatic carbocycles. The molecule has 2 heteroatoms. The number of nitrogens with zero attached hydrogens (tertiary/aromatic N) is 1. The minimum absolute atomic E-state index is 0.123. The van der Waals surface area contributed by atoms with Crippen molar-refractivity contribution in [1.82, 2.24) is 4.90 Å². The van der Waals surface area contributed by atoms with E-state index >= 15 is 0 Å². The summed E-state index contributed by atoms with van der Waals surface area (Å²) >= 11 is 0. The van der Waals surface area contributed by atoms with Crippen molar-refractivity contribution in [2.75, 3.05) is 13.6 Å². The summed E-state index contributed by atoms with van der Waals surface area (Å²) in [5, 5.41) is 9.49. The number of aliphatic hydroxyl groups is 1.